The number of nitriles is 1. The SMILES string of the molecule is CC(C)C(SCC(=O)N(C)CCC#N)C(=O)O. The van der Waals surface area contributed by atoms with Gasteiger partial charge in [-0.05, 0) is 5.92 Å². The number of carbonyl (C=O) groups excluding carboxylic acids is 1. The summed E-state index contributed by atoms with van der Waals surface area (Å²) < 4.78 is 0. The Labute approximate surface area is 106 Å². The third-order valence-corrected chi connectivity index (χ3v) is 3.74. The number of thioether (sulfide) groups is 1. The van der Waals surface area contributed by atoms with Crippen molar-refractivity contribution >= 4 is 23.6 Å². The highest BCUT2D eigenvalue weighted by Crippen LogP contribution is 2.20. The Morgan fingerprint density at radius 3 is 2.47 bits per heavy atom. The molecule has 1 atom stereocenters. The van der Waals surface area contributed by atoms with Crippen molar-refractivity contribution in [2.45, 2.75) is 25.5 Å². The van der Waals surface area contributed by atoms with Crippen LogP contribution in [-0.2, 0) is 9.59 Å². The molecule has 1 N–H and O–H groups in total. The van der Waals surface area contributed by atoms with Crippen molar-refractivity contribution in [3.8, 4) is 6.07 Å². The van der Waals surface area contributed by atoms with Gasteiger partial charge in [0.15, 0.2) is 0 Å². The number of amides is 1. The number of carbonyl (C=O) groups is 2. The minimum atomic E-state index is -0.891. The highest BCUT2D eigenvalue weighted by Gasteiger charge is 2.23. The van der Waals surface area contributed by atoms with Crippen molar-refractivity contribution in [2.75, 3.05) is 19.3 Å². The summed E-state index contributed by atoms with van der Waals surface area (Å²) in [6.45, 7) is 4.01. The second-order valence-corrected chi connectivity index (χ2v) is 5.17. The number of hydrogen-bond donors (Lipinski definition) is 1. The van der Waals surface area contributed by atoms with Crippen LogP contribution in [0.25, 0.3) is 0 Å². The van der Waals surface area contributed by atoms with Crippen LogP contribution in [0, 0.1) is 17.2 Å². The van der Waals surface area contributed by atoms with Crippen molar-refractivity contribution in [1.82, 2.24) is 4.90 Å². The number of aliphatic carboxylic acids is 1. The zero-order valence-electron chi connectivity index (χ0n) is 10.3. The Morgan fingerprint density at radius 2 is 2.06 bits per heavy atom. The van der Waals surface area contributed by atoms with Crippen molar-refractivity contribution in [3.63, 3.8) is 0 Å². The van der Waals surface area contributed by atoms with E-state index in [1.165, 1.54) is 4.90 Å². The Hall–Kier alpha value is -1.22. The third kappa shape index (κ3) is 6.17. The van der Waals surface area contributed by atoms with E-state index in [2.05, 4.69) is 0 Å². The van der Waals surface area contributed by atoms with Crippen molar-refractivity contribution < 1.29 is 14.7 Å². The molecule has 0 aliphatic carbocycles. The molecular formula is C11H18N2O3S. The number of nitrogens with zero attached hydrogens (tertiary/aromatic N) is 2. The van der Waals surface area contributed by atoms with E-state index in [4.69, 9.17) is 10.4 Å². The van der Waals surface area contributed by atoms with Crippen molar-refractivity contribution in [3.05, 3.63) is 0 Å². The molecular weight excluding hydrogens is 240 g/mol. The zero-order valence-corrected chi connectivity index (χ0v) is 11.2. The van der Waals surface area contributed by atoms with Crippen LogP contribution < -0.4 is 0 Å². The smallest absolute Gasteiger partial charge is 0.316 e. The monoisotopic (exact) mass is 258 g/mol. The second-order valence-electron chi connectivity index (χ2n) is 4.04. The predicted octanol–water partition coefficient (Wildman–Crippen LogP) is 1.20. The van der Waals surface area contributed by atoms with E-state index < -0.39 is 11.2 Å². The average Bonchev–Trinajstić information content (AvgIpc) is 2.24. The largest absolute Gasteiger partial charge is 0.480 e. The predicted molar refractivity (Wildman–Crippen MR) is 66.6 cm³/mol. The van der Waals surface area contributed by atoms with Gasteiger partial charge in [-0.15, -0.1) is 11.8 Å². The minimum Gasteiger partial charge on any atom is -0.480 e. The quantitative estimate of drug-likeness (QED) is 0.742. The van der Waals surface area contributed by atoms with E-state index in [1.54, 1.807) is 7.05 Å². The van der Waals surface area contributed by atoms with Gasteiger partial charge in [-0.2, -0.15) is 5.26 Å². The highest BCUT2D eigenvalue weighted by atomic mass is 32.2. The Balaban J connectivity index is 4.13. The molecule has 0 aromatic heterocycles. The zero-order chi connectivity index (χ0) is 13.4. The van der Waals surface area contributed by atoms with E-state index in [0.717, 1.165) is 11.8 Å². The maximum absolute atomic E-state index is 11.6. The summed E-state index contributed by atoms with van der Waals surface area (Å²) in [6, 6.07) is 1.96. The molecule has 1 unspecified atom stereocenters. The van der Waals surface area contributed by atoms with Gasteiger partial charge in [-0.1, -0.05) is 13.8 Å². The van der Waals surface area contributed by atoms with Gasteiger partial charge < -0.3 is 10.0 Å². The number of carboxylic acids is 1. The van der Waals surface area contributed by atoms with E-state index >= 15 is 0 Å². The van der Waals surface area contributed by atoms with Crippen LogP contribution in [0.4, 0.5) is 0 Å². The van der Waals surface area contributed by atoms with E-state index in [-0.39, 0.29) is 17.6 Å². The molecule has 0 heterocycles. The van der Waals surface area contributed by atoms with Crippen LogP contribution in [0.5, 0.6) is 0 Å². The second kappa shape index (κ2) is 7.96. The molecule has 0 aliphatic rings. The molecule has 96 valence electrons. The lowest BCUT2D eigenvalue weighted by Crippen LogP contribution is -2.31. The molecule has 0 saturated carbocycles. The fraction of sp³-hybridized carbons (Fsp3) is 0.727. The molecule has 1 amide bonds. The lowest BCUT2D eigenvalue weighted by Gasteiger charge is -2.18. The summed E-state index contributed by atoms with van der Waals surface area (Å²) in [4.78, 5) is 24.0. The first-order chi connectivity index (χ1) is 7.90. The van der Waals surface area contributed by atoms with Crippen molar-refractivity contribution in [1.29, 1.82) is 5.26 Å². The van der Waals surface area contributed by atoms with Gasteiger partial charge in [-0.25, -0.2) is 0 Å². The normalized spacial score (nSPS) is 11.9. The lowest BCUT2D eigenvalue weighted by molar-refractivity contribution is -0.137. The fourth-order valence-corrected chi connectivity index (χ4v) is 2.23. The van der Waals surface area contributed by atoms with Gasteiger partial charge in [-0.3, -0.25) is 9.59 Å². The van der Waals surface area contributed by atoms with Gasteiger partial charge in [0.1, 0.15) is 5.25 Å². The summed E-state index contributed by atoms with van der Waals surface area (Å²) in [5.41, 5.74) is 0. The van der Waals surface area contributed by atoms with Crippen LogP contribution in [0.2, 0.25) is 0 Å². The number of rotatable bonds is 7. The Morgan fingerprint density at radius 1 is 1.47 bits per heavy atom. The first-order valence-corrected chi connectivity index (χ1v) is 6.40. The average molecular weight is 258 g/mol. The summed E-state index contributed by atoms with van der Waals surface area (Å²) in [6.07, 6.45) is 0.291. The molecule has 0 saturated heterocycles. The number of hydrogen-bond acceptors (Lipinski definition) is 4. The van der Waals surface area contributed by atoms with Crippen LogP contribution in [0.1, 0.15) is 20.3 Å². The third-order valence-electron chi connectivity index (χ3n) is 2.22. The minimum absolute atomic E-state index is 0.0188. The van der Waals surface area contributed by atoms with E-state index in [0.29, 0.717) is 13.0 Å². The molecule has 0 bridgehead atoms. The fourth-order valence-electron chi connectivity index (χ4n) is 1.16. The van der Waals surface area contributed by atoms with E-state index in [9.17, 15) is 9.59 Å². The van der Waals surface area contributed by atoms with Crippen molar-refractivity contribution in [2.24, 2.45) is 5.92 Å². The molecule has 0 fully saturated rings. The Bertz CT molecular complexity index is 312. The molecule has 0 aliphatic heterocycles. The van der Waals surface area contributed by atoms with Crippen LogP contribution in [-0.4, -0.2) is 46.5 Å². The highest BCUT2D eigenvalue weighted by molar-refractivity contribution is 8.01. The van der Waals surface area contributed by atoms with E-state index in [1.807, 2.05) is 19.9 Å². The summed E-state index contributed by atoms with van der Waals surface area (Å²) in [5.74, 6) is -0.916. The molecule has 6 heteroatoms. The molecule has 5 nitrogen and oxygen atoms in total. The summed E-state index contributed by atoms with van der Waals surface area (Å²) >= 11 is 1.13. The molecule has 0 aromatic rings. The van der Waals surface area contributed by atoms with Gasteiger partial charge >= 0.3 is 5.97 Å². The van der Waals surface area contributed by atoms with Crippen LogP contribution >= 0.6 is 11.8 Å². The van der Waals surface area contributed by atoms with Gasteiger partial charge in [0.05, 0.1) is 18.2 Å². The maximum atomic E-state index is 11.6. The molecule has 0 radical (unpaired) electrons. The Kier molecular flexibility index (Phi) is 7.39. The van der Waals surface area contributed by atoms with Gasteiger partial charge in [0.2, 0.25) is 5.91 Å². The molecule has 0 aromatic carbocycles. The molecule has 0 rings (SSSR count). The topological polar surface area (TPSA) is 81.4 Å². The molecule has 17 heavy (non-hydrogen) atoms. The first-order valence-electron chi connectivity index (χ1n) is 5.35. The first kappa shape index (κ1) is 15.8. The van der Waals surface area contributed by atoms with Crippen LogP contribution in [0.3, 0.4) is 0 Å². The standard InChI is InChI=1S/C11H18N2O3S/c1-8(2)10(11(15)16)17-7-9(14)13(3)6-4-5-12/h8,10H,4,6-7H2,1-3H3,(H,15,16). The number of carboxylic acid groups (broad SMARTS) is 1. The summed E-state index contributed by atoms with van der Waals surface area (Å²) in [5, 5.41) is 16.8. The summed E-state index contributed by atoms with van der Waals surface area (Å²) in [7, 11) is 1.62. The lowest BCUT2D eigenvalue weighted by atomic mass is 10.1. The van der Waals surface area contributed by atoms with Gasteiger partial charge in [0, 0.05) is 13.6 Å². The molecule has 0 spiro atoms. The van der Waals surface area contributed by atoms with Crippen LogP contribution in [0.15, 0.2) is 0 Å². The maximum Gasteiger partial charge on any atom is 0.316 e. The van der Waals surface area contributed by atoms with Gasteiger partial charge in [0.25, 0.3) is 0 Å².